The monoisotopic (exact) mass is 528 g/mol. The zero-order valence-corrected chi connectivity index (χ0v) is 22.5. The van der Waals surface area contributed by atoms with Crippen molar-refractivity contribution in [1.82, 2.24) is 0 Å². The van der Waals surface area contributed by atoms with Gasteiger partial charge in [0.25, 0.3) is 0 Å². The molecule has 3 heteroatoms. The Balaban J connectivity index is 1.49. The molecule has 196 valence electrons. The van der Waals surface area contributed by atoms with Crippen LogP contribution < -0.4 is 16.2 Å². The van der Waals surface area contributed by atoms with Crippen molar-refractivity contribution in [2.75, 3.05) is 11.5 Å². The minimum Gasteiger partial charge on any atom is -0.457 e. The summed E-state index contributed by atoms with van der Waals surface area (Å²) in [5.41, 5.74) is 18.2. The number of nitrogens with two attached hydrogens (primary N) is 2. The molecule has 3 nitrogen and oxygen atoms in total. The van der Waals surface area contributed by atoms with E-state index in [9.17, 15) is 0 Å². The third-order valence-corrected chi connectivity index (χ3v) is 8.61. The van der Waals surface area contributed by atoms with Crippen LogP contribution in [0.4, 0.5) is 11.4 Å². The van der Waals surface area contributed by atoms with Crippen molar-refractivity contribution in [3.8, 4) is 11.5 Å². The molecule has 0 bridgehead atoms. The molecule has 1 aliphatic heterocycles. The first kappa shape index (κ1) is 23.6. The summed E-state index contributed by atoms with van der Waals surface area (Å²) < 4.78 is 6.78. The van der Waals surface area contributed by atoms with Gasteiger partial charge >= 0.3 is 0 Å². The summed E-state index contributed by atoms with van der Waals surface area (Å²) in [6, 6.07) is 47.2. The number of fused-ring (bicyclic) bond motifs is 5. The molecule has 0 unspecified atom stereocenters. The first-order chi connectivity index (χ1) is 20.1. The van der Waals surface area contributed by atoms with Gasteiger partial charge < -0.3 is 16.2 Å². The molecule has 7 aromatic rings. The summed E-state index contributed by atoms with van der Waals surface area (Å²) in [7, 11) is 0. The number of nitrogen functional groups attached to an aromatic ring is 2. The maximum atomic E-state index is 6.78. The van der Waals surface area contributed by atoms with E-state index in [1.165, 1.54) is 21.9 Å². The molecule has 0 amide bonds. The van der Waals surface area contributed by atoms with E-state index in [4.69, 9.17) is 16.2 Å². The smallest absolute Gasteiger partial charge is 0.132 e. The van der Waals surface area contributed by atoms with Crippen LogP contribution in [-0.2, 0) is 11.8 Å². The number of benzene rings is 7. The van der Waals surface area contributed by atoms with Crippen LogP contribution in [0.5, 0.6) is 11.5 Å². The SMILES string of the molecule is Nc1ccc2cc3c(cc2c1)C(Cc1ccc2ccccc2c1)(c1ccccc1)c1cc2cc(N)ccc2cc1O3. The van der Waals surface area contributed by atoms with E-state index in [0.717, 1.165) is 62.0 Å². The Labute approximate surface area is 238 Å². The molecule has 0 aromatic heterocycles. The van der Waals surface area contributed by atoms with E-state index < -0.39 is 5.41 Å². The second-order valence-electron chi connectivity index (χ2n) is 11.1. The highest BCUT2D eigenvalue weighted by atomic mass is 16.5. The van der Waals surface area contributed by atoms with Gasteiger partial charge in [0.1, 0.15) is 11.5 Å². The Morgan fingerprint density at radius 2 is 1.00 bits per heavy atom. The lowest BCUT2D eigenvalue weighted by Gasteiger charge is -2.41. The summed E-state index contributed by atoms with van der Waals surface area (Å²) >= 11 is 0. The minimum atomic E-state index is -0.524. The van der Waals surface area contributed by atoms with E-state index in [-0.39, 0.29) is 0 Å². The van der Waals surface area contributed by atoms with Crippen LogP contribution >= 0.6 is 0 Å². The first-order valence-electron chi connectivity index (χ1n) is 14.0. The van der Waals surface area contributed by atoms with E-state index >= 15 is 0 Å². The first-order valence-corrected chi connectivity index (χ1v) is 14.0. The molecule has 0 spiro atoms. The van der Waals surface area contributed by atoms with Crippen molar-refractivity contribution in [2.24, 2.45) is 0 Å². The van der Waals surface area contributed by atoms with E-state index in [2.05, 4.69) is 121 Å². The summed E-state index contributed by atoms with van der Waals surface area (Å²) in [4.78, 5) is 0. The fraction of sp³-hybridized carbons (Fsp3) is 0.0526. The van der Waals surface area contributed by atoms with Crippen molar-refractivity contribution in [3.05, 3.63) is 156 Å². The van der Waals surface area contributed by atoms with Crippen LogP contribution in [0.25, 0.3) is 32.3 Å². The van der Waals surface area contributed by atoms with Gasteiger partial charge in [-0.3, -0.25) is 0 Å². The Hall–Kier alpha value is -5.28. The molecule has 0 radical (unpaired) electrons. The average Bonchev–Trinajstić information content (AvgIpc) is 3.00. The molecule has 1 aliphatic rings. The Morgan fingerprint density at radius 1 is 0.463 bits per heavy atom. The van der Waals surface area contributed by atoms with Gasteiger partial charge in [-0.2, -0.15) is 0 Å². The van der Waals surface area contributed by atoms with Gasteiger partial charge in [-0.15, -0.1) is 0 Å². The fourth-order valence-electron chi connectivity index (χ4n) is 6.67. The lowest BCUT2D eigenvalue weighted by Crippen LogP contribution is -2.35. The molecule has 0 atom stereocenters. The van der Waals surface area contributed by atoms with Gasteiger partial charge in [0.15, 0.2) is 0 Å². The summed E-state index contributed by atoms with van der Waals surface area (Å²) in [5, 5.41) is 6.86. The van der Waals surface area contributed by atoms with Crippen LogP contribution in [0.15, 0.2) is 133 Å². The topological polar surface area (TPSA) is 61.3 Å². The van der Waals surface area contributed by atoms with Gasteiger partial charge in [-0.1, -0.05) is 84.9 Å². The third-order valence-electron chi connectivity index (χ3n) is 8.61. The van der Waals surface area contributed by atoms with Gasteiger partial charge in [-0.25, -0.2) is 0 Å². The van der Waals surface area contributed by atoms with Crippen LogP contribution in [0.3, 0.4) is 0 Å². The molecule has 8 rings (SSSR count). The normalized spacial score (nSPS) is 13.6. The lowest BCUT2D eigenvalue weighted by atomic mass is 9.64. The van der Waals surface area contributed by atoms with E-state index in [0.29, 0.717) is 0 Å². The molecule has 0 aliphatic carbocycles. The quantitative estimate of drug-likeness (QED) is 0.225. The van der Waals surface area contributed by atoms with Gasteiger partial charge in [0.2, 0.25) is 0 Å². The molecule has 41 heavy (non-hydrogen) atoms. The van der Waals surface area contributed by atoms with E-state index in [1.807, 2.05) is 12.1 Å². The molecule has 0 saturated heterocycles. The number of rotatable bonds is 3. The van der Waals surface area contributed by atoms with Crippen LogP contribution in [0, 0.1) is 0 Å². The van der Waals surface area contributed by atoms with Gasteiger partial charge in [0, 0.05) is 22.5 Å². The standard InChI is InChI=1S/C38H28N2O/c39-32-14-12-27-21-36-34(19-29(27)17-32)38(31-8-2-1-3-9-31,23-24-10-11-25-6-4-5-7-26(25)16-24)35-20-30-18-33(40)15-13-28(30)22-37(35)41-36/h1-22H,23,39-40H2. The maximum absolute atomic E-state index is 6.78. The summed E-state index contributed by atoms with van der Waals surface area (Å²) in [6.07, 6.45) is 0.757. The average molecular weight is 529 g/mol. The molecule has 7 aromatic carbocycles. The Bertz CT molecular complexity index is 2040. The Kier molecular flexibility index (Phi) is 5.10. The Morgan fingerprint density at radius 3 is 1.63 bits per heavy atom. The molecule has 0 fully saturated rings. The fourth-order valence-corrected chi connectivity index (χ4v) is 6.67. The second kappa shape index (κ2) is 8.87. The zero-order chi connectivity index (χ0) is 27.6. The van der Waals surface area contributed by atoms with Crippen LogP contribution in [0.2, 0.25) is 0 Å². The minimum absolute atomic E-state index is 0.524. The molecule has 4 N–H and O–H groups in total. The highest BCUT2D eigenvalue weighted by molar-refractivity contribution is 5.92. The third kappa shape index (κ3) is 3.74. The van der Waals surface area contributed by atoms with E-state index in [1.54, 1.807) is 0 Å². The molecular formula is C38H28N2O. The summed E-state index contributed by atoms with van der Waals surface area (Å²) in [5.74, 6) is 1.74. The van der Waals surface area contributed by atoms with Crippen LogP contribution in [-0.4, -0.2) is 0 Å². The number of hydrogen-bond acceptors (Lipinski definition) is 3. The van der Waals surface area contributed by atoms with Crippen molar-refractivity contribution in [2.45, 2.75) is 11.8 Å². The van der Waals surface area contributed by atoms with Crippen molar-refractivity contribution >= 4 is 43.7 Å². The maximum Gasteiger partial charge on any atom is 0.132 e. The van der Waals surface area contributed by atoms with Gasteiger partial charge in [0.05, 0.1) is 5.41 Å². The number of ether oxygens (including phenoxy) is 1. The molecule has 1 heterocycles. The predicted molar refractivity (Wildman–Crippen MR) is 171 cm³/mol. The highest BCUT2D eigenvalue weighted by Crippen LogP contribution is 2.55. The van der Waals surface area contributed by atoms with Crippen molar-refractivity contribution in [1.29, 1.82) is 0 Å². The highest BCUT2D eigenvalue weighted by Gasteiger charge is 2.44. The molecular weight excluding hydrogens is 500 g/mol. The van der Waals surface area contributed by atoms with Crippen LogP contribution in [0.1, 0.15) is 22.3 Å². The predicted octanol–water partition coefficient (Wildman–Crippen LogP) is 8.99. The number of hydrogen-bond donors (Lipinski definition) is 2. The summed E-state index contributed by atoms with van der Waals surface area (Å²) in [6.45, 7) is 0. The zero-order valence-electron chi connectivity index (χ0n) is 22.5. The largest absolute Gasteiger partial charge is 0.457 e. The number of anilines is 2. The van der Waals surface area contributed by atoms with Crippen molar-refractivity contribution in [3.63, 3.8) is 0 Å². The second-order valence-corrected chi connectivity index (χ2v) is 11.1. The van der Waals surface area contributed by atoms with Gasteiger partial charge in [-0.05, 0) is 98.4 Å². The van der Waals surface area contributed by atoms with Crippen molar-refractivity contribution < 1.29 is 4.74 Å². The molecule has 0 saturated carbocycles. The lowest BCUT2D eigenvalue weighted by molar-refractivity contribution is 0.417.